The van der Waals surface area contributed by atoms with Gasteiger partial charge in [-0.3, -0.25) is 4.79 Å². The van der Waals surface area contributed by atoms with E-state index in [0.717, 1.165) is 7.11 Å². The highest BCUT2D eigenvalue weighted by Gasteiger charge is 2.12. The molecule has 4 heteroatoms. The Kier molecular flexibility index (Phi) is 8.89. The number of ketones is 1. The van der Waals surface area contributed by atoms with Crippen molar-refractivity contribution < 1.29 is 14.3 Å². The molecule has 0 saturated heterocycles. The van der Waals surface area contributed by atoms with Crippen molar-refractivity contribution in [2.24, 2.45) is 0 Å². The van der Waals surface area contributed by atoms with E-state index >= 15 is 0 Å². The summed E-state index contributed by atoms with van der Waals surface area (Å²) < 4.78 is 4.12. The summed E-state index contributed by atoms with van der Waals surface area (Å²) in [5.41, 5.74) is 0.196. The Morgan fingerprint density at radius 2 is 1.67 bits per heavy atom. The van der Waals surface area contributed by atoms with Crippen molar-refractivity contribution in [2.45, 2.75) is 6.92 Å². The second-order valence-electron chi connectivity index (χ2n) is 2.10. The molecule has 0 atom stereocenters. The summed E-state index contributed by atoms with van der Waals surface area (Å²) in [6.07, 6.45) is 0. The molecule has 0 unspecified atom stereocenters. The maximum absolute atomic E-state index is 10.5. The second kappa shape index (κ2) is 7.94. The number of methoxy groups -OCH3 is 1. The van der Waals surface area contributed by atoms with Gasteiger partial charge in [0.2, 0.25) is 0 Å². The Labute approximate surface area is 72.6 Å². The van der Waals surface area contributed by atoms with Crippen LogP contribution in [0.15, 0.2) is 12.2 Å². The molecule has 0 spiro atoms. The van der Waals surface area contributed by atoms with Gasteiger partial charge in [0.05, 0.1) is 7.11 Å². The summed E-state index contributed by atoms with van der Waals surface area (Å²) in [5, 5.41) is 2.75. The van der Waals surface area contributed by atoms with Crippen LogP contribution in [0.25, 0.3) is 0 Å². The third-order valence-corrected chi connectivity index (χ3v) is 0.758. The lowest BCUT2D eigenvalue weighted by Gasteiger charge is -1.93. The van der Waals surface area contributed by atoms with Gasteiger partial charge in [-0.05, 0) is 26.6 Å². The maximum Gasteiger partial charge on any atom is 0.379 e. The predicted octanol–water partition coefficient (Wildman–Crippen LogP) is 0.140. The fourth-order valence-electron chi connectivity index (χ4n) is 0.267. The largest absolute Gasteiger partial charge is 0.463 e. The average Bonchev–Trinajstić information content (AvgIpc) is 2.03. The van der Waals surface area contributed by atoms with Crippen molar-refractivity contribution in [1.29, 1.82) is 0 Å². The van der Waals surface area contributed by atoms with E-state index in [1.54, 1.807) is 0 Å². The van der Waals surface area contributed by atoms with E-state index < -0.39 is 11.8 Å². The topological polar surface area (TPSA) is 55.4 Å². The summed E-state index contributed by atoms with van der Waals surface area (Å²) >= 11 is 0. The number of hydrogen-bond donors (Lipinski definition) is 1. The van der Waals surface area contributed by atoms with Gasteiger partial charge in [0.25, 0.3) is 5.78 Å². The third-order valence-electron chi connectivity index (χ3n) is 0.758. The van der Waals surface area contributed by atoms with E-state index in [1.165, 1.54) is 6.92 Å². The summed E-state index contributed by atoms with van der Waals surface area (Å²) in [4.78, 5) is 20.8. The van der Waals surface area contributed by atoms with Gasteiger partial charge in [0.1, 0.15) is 0 Å². The van der Waals surface area contributed by atoms with Crippen LogP contribution in [0.3, 0.4) is 0 Å². The van der Waals surface area contributed by atoms with Crippen LogP contribution in [0.2, 0.25) is 0 Å². The number of nitrogens with one attached hydrogen (secondary N) is 1. The van der Waals surface area contributed by atoms with Crippen molar-refractivity contribution in [3.63, 3.8) is 0 Å². The molecule has 4 nitrogen and oxygen atoms in total. The minimum atomic E-state index is -0.859. The molecule has 0 radical (unpaired) electrons. The SMILES string of the molecule is C=C(C)C(=O)C(=O)OC.CNC. The van der Waals surface area contributed by atoms with Crippen molar-refractivity contribution in [3.05, 3.63) is 12.2 Å². The lowest BCUT2D eigenvalue weighted by atomic mass is 10.2. The number of carbonyl (C=O) groups excluding carboxylic acids is 2. The standard InChI is InChI=1S/C6H8O3.C2H7N/c1-4(2)5(7)6(8)9-3;1-3-2/h1H2,2-3H3;3H,1-2H3. The van der Waals surface area contributed by atoms with Gasteiger partial charge in [-0.15, -0.1) is 0 Å². The van der Waals surface area contributed by atoms with E-state index in [1.807, 2.05) is 14.1 Å². The monoisotopic (exact) mass is 173 g/mol. The zero-order chi connectivity index (χ0) is 10.1. The minimum Gasteiger partial charge on any atom is -0.463 e. The van der Waals surface area contributed by atoms with Crippen LogP contribution in [0, 0.1) is 0 Å². The molecular formula is C8H15NO3. The van der Waals surface area contributed by atoms with Crippen LogP contribution < -0.4 is 5.32 Å². The van der Waals surface area contributed by atoms with Crippen LogP contribution in [-0.2, 0) is 14.3 Å². The zero-order valence-corrected chi connectivity index (χ0v) is 7.93. The van der Waals surface area contributed by atoms with Gasteiger partial charge >= 0.3 is 5.97 Å². The van der Waals surface area contributed by atoms with Crippen molar-refractivity contribution in [2.75, 3.05) is 21.2 Å². The number of carbonyl (C=O) groups is 2. The Balaban J connectivity index is 0. The molecule has 70 valence electrons. The first-order valence-corrected chi connectivity index (χ1v) is 3.37. The Morgan fingerprint density at radius 3 is 1.75 bits per heavy atom. The first-order valence-electron chi connectivity index (χ1n) is 3.37. The van der Waals surface area contributed by atoms with E-state index in [9.17, 15) is 9.59 Å². The highest BCUT2D eigenvalue weighted by atomic mass is 16.5. The molecule has 0 aliphatic rings. The van der Waals surface area contributed by atoms with Crippen molar-refractivity contribution >= 4 is 11.8 Å². The van der Waals surface area contributed by atoms with E-state index in [2.05, 4.69) is 16.6 Å². The number of hydrogen-bond acceptors (Lipinski definition) is 4. The third kappa shape index (κ3) is 6.95. The van der Waals surface area contributed by atoms with Crippen LogP contribution in [-0.4, -0.2) is 33.0 Å². The lowest BCUT2D eigenvalue weighted by molar-refractivity contribution is -0.149. The fourth-order valence-corrected chi connectivity index (χ4v) is 0.267. The molecule has 0 saturated carbocycles. The number of ether oxygens (including phenoxy) is 1. The summed E-state index contributed by atoms with van der Waals surface area (Å²) in [5.74, 6) is -1.53. The van der Waals surface area contributed by atoms with Gasteiger partial charge in [-0.25, -0.2) is 4.79 Å². The minimum absolute atomic E-state index is 0.196. The normalized spacial score (nSPS) is 7.67. The lowest BCUT2D eigenvalue weighted by Crippen LogP contribution is -2.15. The first kappa shape index (κ1) is 13.4. The zero-order valence-electron chi connectivity index (χ0n) is 7.93. The van der Waals surface area contributed by atoms with Crippen LogP contribution in [0.5, 0.6) is 0 Å². The molecule has 0 aliphatic heterocycles. The van der Waals surface area contributed by atoms with E-state index in [0.29, 0.717) is 0 Å². The van der Waals surface area contributed by atoms with Gasteiger partial charge < -0.3 is 10.1 Å². The Hall–Kier alpha value is -1.16. The quantitative estimate of drug-likeness (QED) is 0.366. The molecule has 0 amide bonds. The van der Waals surface area contributed by atoms with E-state index in [-0.39, 0.29) is 5.57 Å². The van der Waals surface area contributed by atoms with Gasteiger partial charge in [0, 0.05) is 0 Å². The fraction of sp³-hybridized carbons (Fsp3) is 0.500. The Morgan fingerprint density at radius 1 is 1.33 bits per heavy atom. The smallest absolute Gasteiger partial charge is 0.379 e. The van der Waals surface area contributed by atoms with Crippen LogP contribution >= 0.6 is 0 Å². The number of Topliss-reactive ketones (excluding diaryl/α,β-unsaturated/α-hetero) is 1. The van der Waals surface area contributed by atoms with Crippen molar-refractivity contribution in [3.8, 4) is 0 Å². The second-order valence-corrected chi connectivity index (χ2v) is 2.10. The number of rotatable bonds is 2. The summed E-state index contributed by atoms with van der Waals surface area (Å²) in [6.45, 7) is 4.73. The number of esters is 1. The Bertz CT molecular complexity index is 175. The molecule has 0 aromatic rings. The molecule has 0 bridgehead atoms. The van der Waals surface area contributed by atoms with Gasteiger partial charge in [-0.1, -0.05) is 6.58 Å². The van der Waals surface area contributed by atoms with E-state index in [4.69, 9.17) is 0 Å². The molecular weight excluding hydrogens is 158 g/mol. The molecule has 0 rings (SSSR count). The molecule has 0 heterocycles. The van der Waals surface area contributed by atoms with Crippen molar-refractivity contribution in [1.82, 2.24) is 5.32 Å². The van der Waals surface area contributed by atoms with Gasteiger partial charge in [0.15, 0.2) is 0 Å². The van der Waals surface area contributed by atoms with Crippen LogP contribution in [0.4, 0.5) is 0 Å². The highest BCUT2D eigenvalue weighted by molar-refractivity contribution is 6.40. The summed E-state index contributed by atoms with van der Waals surface area (Å²) in [6, 6.07) is 0. The maximum atomic E-state index is 10.5. The van der Waals surface area contributed by atoms with Gasteiger partial charge in [-0.2, -0.15) is 0 Å². The summed E-state index contributed by atoms with van der Waals surface area (Å²) in [7, 11) is 4.91. The molecule has 12 heavy (non-hydrogen) atoms. The van der Waals surface area contributed by atoms with Crippen LogP contribution in [0.1, 0.15) is 6.92 Å². The molecule has 0 fully saturated rings. The predicted molar refractivity (Wildman–Crippen MR) is 46.8 cm³/mol. The molecule has 0 aromatic carbocycles. The highest BCUT2D eigenvalue weighted by Crippen LogP contribution is 1.90. The molecule has 1 N–H and O–H groups in total. The molecule has 0 aromatic heterocycles. The first-order chi connectivity index (χ1) is 5.51. The molecule has 0 aliphatic carbocycles. The average molecular weight is 173 g/mol.